The molecular formula is C14H30N2. The van der Waals surface area contributed by atoms with Gasteiger partial charge in [0.05, 0.1) is 0 Å². The average molecular weight is 226 g/mol. The minimum Gasteiger partial charge on any atom is -0.311 e. The van der Waals surface area contributed by atoms with E-state index in [1.54, 1.807) is 0 Å². The summed E-state index contributed by atoms with van der Waals surface area (Å²) in [6.45, 7) is 15.3. The zero-order valence-electron chi connectivity index (χ0n) is 11.8. The molecule has 0 bridgehead atoms. The van der Waals surface area contributed by atoms with Gasteiger partial charge in [-0.05, 0) is 18.3 Å². The van der Waals surface area contributed by atoms with Crippen molar-refractivity contribution in [1.82, 2.24) is 10.2 Å². The van der Waals surface area contributed by atoms with Gasteiger partial charge in [0.1, 0.15) is 0 Å². The molecule has 0 aromatic heterocycles. The smallest absolute Gasteiger partial charge is 0.0219 e. The molecule has 1 heterocycles. The summed E-state index contributed by atoms with van der Waals surface area (Å²) in [6, 6.07) is 1.46. The van der Waals surface area contributed by atoms with E-state index < -0.39 is 0 Å². The first-order valence-corrected chi connectivity index (χ1v) is 6.93. The molecule has 0 spiro atoms. The number of rotatable bonds is 4. The largest absolute Gasteiger partial charge is 0.311 e. The summed E-state index contributed by atoms with van der Waals surface area (Å²) in [4.78, 5) is 2.71. The Morgan fingerprint density at radius 3 is 2.44 bits per heavy atom. The molecule has 1 saturated heterocycles. The van der Waals surface area contributed by atoms with E-state index in [9.17, 15) is 0 Å². The van der Waals surface area contributed by atoms with E-state index in [1.165, 1.54) is 38.9 Å². The Bertz CT molecular complexity index is 195. The Hall–Kier alpha value is -0.0800. The molecular weight excluding hydrogens is 196 g/mol. The molecule has 96 valence electrons. The van der Waals surface area contributed by atoms with Gasteiger partial charge in [-0.15, -0.1) is 0 Å². The molecule has 0 amide bonds. The van der Waals surface area contributed by atoms with Crippen LogP contribution in [0.3, 0.4) is 0 Å². The molecule has 2 nitrogen and oxygen atoms in total. The lowest BCUT2D eigenvalue weighted by Crippen LogP contribution is -2.57. The second-order valence-corrected chi connectivity index (χ2v) is 6.45. The summed E-state index contributed by atoms with van der Waals surface area (Å²) in [6.07, 6.45) is 3.87. The SMILES string of the molecule is CCCC1CN(CC(C)(C)C)C(CC)CN1. The first-order valence-electron chi connectivity index (χ1n) is 6.93. The van der Waals surface area contributed by atoms with Crippen LogP contribution >= 0.6 is 0 Å². The van der Waals surface area contributed by atoms with Crippen molar-refractivity contribution in [2.24, 2.45) is 5.41 Å². The third-order valence-corrected chi connectivity index (χ3v) is 3.40. The first-order chi connectivity index (χ1) is 7.46. The molecule has 2 unspecified atom stereocenters. The fourth-order valence-corrected chi connectivity index (χ4v) is 2.68. The zero-order chi connectivity index (χ0) is 12.2. The lowest BCUT2D eigenvalue weighted by molar-refractivity contribution is 0.0856. The summed E-state index contributed by atoms with van der Waals surface area (Å²) >= 11 is 0. The number of nitrogens with zero attached hydrogens (tertiary/aromatic N) is 1. The summed E-state index contributed by atoms with van der Waals surface area (Å²) in [5, 5.41) is 3.70. The minimum atomic E-state index is 0.418. The zero-order valence-corrected chi connectivity index (χ0v) is 11.8. The normalized spacial score (nSPS) is 28.3. The molecule has 0 aromatic carbocycles. The van der Waals surface area contributed by atoms with Crippen molar-refractivity contribution >= 4 is 0 Å². The van der Waals surface area contributed by atoms with Crippen LogP contribution in [0.2, 0.25) is 0 Å². The van der Waals surface area contributed by atoms with E-state index in [1.807, 2.05) is 0 Å². The fraction of sp³-hybridized carbons (Fsp3) is 1.00. The number of piperazine rings is 1. The Morgan fingerprint density at radius 1 is 1.25 bits per heavy atom. The van der Waals surface area contributed by atoms with Gasteiger partial charge >= 0.3 is 0 Å². The fourth-order valence-electron chi connectivity index (χ4n) is 2.68. The van der Waals surface area contributed by atoms with Gasteiger partial charge in [-0.3, -0.25) is 4.90 Å². The van der Waals surface area contributed by atoms with Gasteiger partial charge in [0.15, 0.2) is 0 Å². The van der Waals surface area contributed by atoms with E-state index in [-0.39, 0.29) is 0 Å². The highest BCUT2D eigenvalue weighted by Crippen LogP contribution is 2.21. The molecule has 1 aliphatic heterocycles. The predicted octanol–water partition coefficient (Wildman–Crippen LogP) is 2.89. The van der Waals surface area contributed by atoms with Crippen LogP contribution in [0.1, 0.15) is 53.9 Å². The Kier molecular flexibility index (Phi) is 5.26. The van der Waals surface area contributed by atoms with Gasteiger partial charge in [-0.1, -0.05) is 41.0 Å². The van der Waals surface area contributed by atoms with Crippen LogP contribution in [0, 0.1) is 5.41 Å². The predicted molar refractivity (Wildman–Crippen MR) is 71.8 cm³/mol. The van der Waals surface area contributed by atoms with E-state index in [4.69, 9.17) is 0 Å². The quantitative estimate of drug-likeness (QED) is 0.793. The van der Waals surface area contributed by atoms with Crippen LogP contribution < -0.4 is 5.32 Å². The molecule has 1 fully saturated rings. The molecule has 16 heavy (non-hydrogen) atoms. The van der Waals surface area contributed by atoms with Gasteiger partial charge in [-0.2, -0.15) is 0 Å². The van der Waals surface area contributed by atoms with Crippen LogP contribution in [0.25, 0.3) is 0 Å². The number of hydrogen-bond donors (Lipinski definition) is 1. The Balaban J connectivity index is 2.53. The maximum Gasteiger partial charge on any atom is 0.0219 e. The standard InChI is InChI=1S/C14H30N2/c1-6-8-12-10-16(11-14(3,4)5)13(7-2)9-15-12/h12-13,15H,6-11H2,1-5H3. The van der Waals surface area contributed by atoms with Crippen LogP contribution in [0.15, 0.2) is 0 Å². The average Bonchev–Trinajstić information content (AvgIpc) is 2.16. The van der Waals surface area contributed by atoms with Crippen molar-refractivity contribution in [1.29, 1.82) is 0 Å². The molecule has 0 radical (unpaired) electrons. The molecule has 1 rings (SSSR count). The minimum absolute atomic E-state index is 0.418. The lowest BCUT2D eigenvalue weighted by atomic mass is 9.93. The molecule has 0 aromatic rings. The van der Waals surface area contributed by atoms with Crippen molar-refractivity contribution in [2.45, 2.75) is 66.0 Å². The van der Waals surface area contributed by atoms with Gasteiger partial charge in [0.25, 0.3) is 0 Å². The number of hydrogen-bond acceptors (Lipinski definition) is 2. The second-order valence-electron chi connectivity index (χ2n) is 6.45. The van der Waals surface area contributed by atoms with Gasteiger partial charge in [0.2, 0.25) is 0 Å². The lowest BCUT2D eigenvalue weighted by Gasteiger charge is -2.43. The highest BCUT2D eigenvalue weighted by molar-refractivity contribution is 4.87. The van der Waals surface area contributed by atoms with Crippen molar-refractivity contribution < 1.29 is 0 Å². The second kappa shape index (κ2) is 6.02. The van der Waals surface area contributed by atoms with Crippen molar-refractivity contribution in [3.8, 4) is 0 Å². The maximum absolute atomic E-state index is 3.70. The molecule has 0 aliphatic carbocycles. The van der Waals surface area contributed by atoms with E-state index in [0.717, 1.165) is 12.1 Å². The first kappa shape index (κ1) is 14.0. The number of nitrogens with one attached hydrogen (secondary N) is 1. The summed E-state index contributed by atoms with van der Waals surface area (Å²) < 4.78 is 0. The molecule has 2 atom stereocenters. The highest BCUT2D eigenvalue weighted by Gasteiger charge is 2.28. The Morgan fingerprint density at radius 2 is 1.94 bits per heavy atom. The molecule has 0 saturated carbocycles. The summed E-state index contributed by atoms with van der Waals surface area (Å²) in [7, 11) is 0. The molecule has 1 N–H and O–H groups in total. The topological polar surface area (TPSA) is 15.3 Å². The van der Waals surface area contributed by atoms with Gasteiger partial charge < -0.3 is 5.32 Å². The maximum atomic E-state index is 3.70. The van der Waals surface area contributed by atoms with Crippen LogP contribution in [-0.4, -0.2) is 36.6 Å². The van der Waals surface area contributed by atoms with E-state index in [2.05, 4.69) is 44.8 Å². The van der Waals surface area contributed by atoms with Crippen molar-refractivity contribution in [3.63, 3.8) is 0 Å². The Labute approximate surface area is 102 Å². The summed E-state index contributed by atoms with van der Waals surface area (Å²) in [5.41, 5.74) is 0.418. The van der Waals surface area contributed by atoms with Crippen molar-refractivity contribution in [2.75, 3.05) is 19.6 Å². The van der Waals surface area contributed by atoms with Crippen LogP contribution in [-0.2, 0) is 0 Å². The third kappa shape index (κ3) is 4.42. The van der Waals surface area contributed by atoms with Crippen LogP contribution in [0.5, 0.6) is 0 Å². The van der Waals surface area contributed by atoms with E-state index in [0.29, 0.717) is 5.41 Å². The molecule has 2 heteroatoms. The van der Waals surface area contributed by atoms with Gasteiger partial charge in [0, 0.05) is 31.7 Å². The third-order valence-electron chi connectivity index (χ3n) is 3.40. The van der Waals surface area contributed by atoms with Crippen molar-refractivity contribution in [3.05, 3.63) is 0 Å². The van der Waals surface area contributed by atoms with Gasteiger partial charge in [-0.25, -0.2) is 0 Å². The monoisotopic (exact) mass is 226 g/mol. The highest BCUT2D eigenvalue weighted by atomic mass is 15.2. The summed E-state index contributed by atoms with van der Waals surface area (Å²) in [5.74, 6) is 0. The van der Waals surface area contributed by atoms with E-state index >= 15 is 0 Å². The van der Waals surface area contributed by atoms with Crippen LogP contribution in [0.4, 0.5) is 0 Å². The molecule has 1 aliphatic rings.